The Morgan fingerprint density at radius 1 is 1.00 bits per heavy atom. The molecule has 1 aliphatic carbocycles. The SMILES string of the molecule is O=C(C1CCCC1)N1CCN(CCc2ccc(Oc3nc4ccccc4s3)cc2)CC1. The van der Waals surface area contributed by atoms with Gasteiger partial charge < -0.3 is 9.64 Å². The third-order valence-corrected chi connectivity index (χ3v) is 7.42. The van der Waals surface area contributed by atoms with Gasteiger partial charge in [-0.3, -0.25) is 9.69 Å². The summed E-state index contributed by atoms with van der Waals surface area (Å²) in [5.74, 6) is 1.53. The molecule has 1 amide bonds. The van der Waals surface area contributed by atoms with Crippen molar-refractivity contribution in [3.05, 3.63) is 54.1 Å². The van der Waals surface area contributed by atoms with E-state index in [4.69, 9.17) is 4.74 Å². The Morgan fingerprint density at radius 2 is 1.74 bits per heavy atom. The maximum atomic E-state index is 12.6. The van der Waals surface area contributed by atoms with Gasteiger partial charge in [0.05, 0.1) is 10.2 Å². The maximum Gasteiger partial charge on any atom is 0.279 e. The van der Waals surface area contributed by atoms with Crippen LogP contribution in [-0.2, 0) is 11.2 Å². The zero-order chi connectivity index (χ0) is 21.0. The van der Waals surface area contributed by atoms with Crippen molar-refractivity contribution in [3.63, 3.8) is 0 Å². The molecule has 6 heteroatoms. The molecule has 1 saturated heterocycles. The molecule has 0 unspecified atom stereocenters. The lowest BCUT2D eigenvalue weighted by Crippen LogP contribution is -2.50. The van der Waals surface area contributed by atoms with Crippen molar-refractivity contribution in [1.82, 2.24) is 14.8 Å². The molecule has 5 nitrogen and oxygen atoms in total. The van der Waals surface area contributed by atoms with E-state index < -0.39 is 0 Å². The largest absolute Gasteiger partial charge is 0.431 e. The molecular formula is C25H29N3O2S. The van der Waals surface area contributed by atoms with Crippen molar-refractivity contribution in [2.45, 2.75) is 32.1 Å². The second-order valence-corrected chi connectivity index (χ2v) is 9.59. The van der Waals surface area contributed by atoms with E-state index in [1.54, 1.807) is 11.3 Å². The van der Waals surface area contributed by atoms with E-state index in [1.807, 2.05) is 30.3 Å². The lowest BCUT2D eigenvalue weighted by atomic mass is 10.1. The lowest BCUT2D eigenvalue weighted by Gasteiger charge is -2.36. The predicted molar refractivity (Wildman–Crippen MR) is 125 cm³/mol. The average Bonchev–Trinajstić information content (AvgIpc) is 3.48. The number of rotatable bonds is 6. The summed E-state index contributed by atoms with van der Waals surface area (Å²) in [4.78, 5) is 21.7. The molecule has 1 aromatic heterocycles. The van der Waals surface area contributed by atoms with E-state index >= 15 is 0 Å². The number of hydrogen-bond acceptors (Lipinski definition) is 5. The summed E-state index contributed by atoms with van der Waals surface area (Å²) >= 11 is 1.57. The zero-order valence-corrected chi connectivity index (χ0v) is 18.7. The molecule has 31 heavy (non-hydrogen) atoms. The summed E-state index contributed by atoms with van der Waals surface area (Å²) in [6.45, 7) is 4.76. The first kappa shape index (κ1) is 20.5. The van der Waals surface area contributed by atoms with Crippen LogP contribution < -0.4 is 4.74 Å². The molecule has 0 atom stereocenters. The Morgan fingerprint density at radius 3 is 2.48 bits per heavy atom. The van der Waals surface area contributed by atoms with Crippen molar-refractivity contribution in [3.8, 4) is 10.9 Å². The van der Waals surface area contributed by atoms with Gasteiger partial charge in [0, 0.05) is 38.6 Å². The minimum Gasteiger partial charge on any atom is -0.431 e. The highest BCUT2D eigenvalue weighted by Gasteiger charge is 2.29. The van der Waals surface area contributed by atoms with Crippen LogP contribution in [0.1, 0.15) is 31.2 Å². The fourth-order valence-corrected chi connectivity index (χ4v) is 5.46. The van der Waals surface area contributed by atoms with Crippen molar-refractivity contribution >= 4 is 27.5 Å². The molecule has 2 fully saturated rings. The van der Waals surface area contributed by atoms with Crippen molar-refractivity contribution in [2.75, 3.05) is 32.7 Å². The second-order valence-electron chi connectivity index (χ2n) is 8.59. The van der Waals surface area contributed by atoms with Crippen LogP contribution in [0.4, 0.5) is 0 Å². The van der Waals surface area contributed by atoms with Gasteiger partial charge in [0.2, 0.25) is 5.91 Å². The number of aromatic nitrogens is 1. The molecule has 162 valence electrons. The minimum absolute atomic E-state index is 0.301. The number of nitrogens with zero attached hydrogens (tertiary/aromatic N) is 3. The molecule has 2 aromatic carbocycles. The molecule has 3 aromatic rings. The van der Waals surface area contributed by atoms with Gasteiger partial charge >= 0.3 is 0 Å². The topological polar surface area (TPSA) is 45.7 Å². The Hall–Kier alpha value is -2.44. The molecular weight excluding hydrogens is 406 g/mol. The molecule has 2 aliphatic rings. The first-order chi connectivity index (χ1) is 15.2. The summed E-state index contributed by atoms with van der Waals surface area (Å²) < 4.78 is 7.09. The number of benzene rings is 2. The summed E-state index contributed by atoms with van der Waals surface area (Å²) in [5.41, 5.74) is 2.28. The number of piperazine rings is 1. The smallest absolute Gasteiger partial charge is 0.279 e. The highest BCUT2D eigenvalue weighted by atomic mass is 32.1. The van der Waals surface area contributed by atoms with Crippen LogP contribution in [0, 0.1) is 5.92 Å². The highest BCUT2D eigenvalue weighted by molar-refractivity contribution is 7.20. The van der Waals surface area contributed by atoms with Gasteiger partial charge in [-0.05, 0) is 49.1 Å². The summed E-state index contributed by atoms with van der Waals surface area (Å²) in [6.07, 6.45) is 5.65. The number of thiazole rings is 1. The number of amides is 1. The predicted octanol–water partition coefficient (Wildman–Crippen LogP) is 4.97. The number of carbonyl (C=O) groups is 1. The average molecular weight is 436 g/mol. The van der Waals surface area contributed by atoms with Crippen molar-refractivity contribution < 1.29 is 9.53 Å². The maximum absolute atomic E-state index is 12.6. The van der Waals surface area contributed by atoms with Crippen LogP contribution in [0.15, 0.2) is 48.5 Å². The van der Waals surface area contributed by atoms with Crippen LogP contribution in [0.3, 0.4) is 0 Å². The van der Waals surface area contributed by atoms with Gasteiger partial charge in [0.1, 0.15) is 5.75 Å². The molecule has 0 N–H and O–H groups in total. The van der Waals surface area contributed by atoms with Gasteiger partial charge in [-0.1, -0.05) is 48.4 Å². The van der Waals surface area contributed by atoms with Crippen molar-refractivity contribution in [1.29, 1.82) is 0 Å². The minimum atomic E-state index is 0.301. The van der Waals surface area contributed by atoms with Gasteiger partial charge in [-0.2, -0.15) is 0 Å². The number of para-hydroxylation sites is 1. The first-order valence-electron chi connectivity index (χ1n) is 11.4. The fraction of sp³-hybridized carbons (Fsp3) is 0.440. The van der Waals surface area contributed by atoms with Gasteiger partial charge in [0.15, 0.2) is 0 Å². The number of hydrogen-bond donors (Lipinski definition) is 0. The summed E-state index contributed by atoms with van der Waals surface area (Å²) in [5, 5.41) is 0.680. The van der Waals surface area contributed by atoms with E-state index in [0.29, 0.717) is 17.0 Å². The zero-order valence-electron chi connectivity index (χ0n) is 17.8. The lowest BCUT2D eigenvalue weighted by molar-refractivity contribution is -0.137. The molecule has 1 aliphatic heterocycles. The molecule has 1 saturated carbocycles. The van der Waals surface area contributed by atoms with Crippen LogP contribution in [0.5, 0.6) is 10.9 Å². The van der Waals surface area contributed by atoms with Crippen LogP contribution in [-0.4, -0.2) is 53.4 Å². The highest BCUT2D eigenvalue weighted by Crippen LogP contribution is 2.31. The molecule has 0 radical (unpaired) electrons. The summed E-state index contributed by atoms with van der Waals surface area (Å²) in [7, 11) is 0. The third-order valence-electron chi connectivity index (χ3n) is 6.51. The Balaban J connectivity index is 1.08. The number of fused-ring (bicyclic) bond motifs is 1. The molecule has 2 heterocycles. The van der Waals surface area contributed by atoms with E-state index in [9.17, 15) is 4.79 Å². The Labute approximate surface area is 187 Å². The van der Waals surface area contributed by atoms with Gasteiger partial charge in [-0.15, -0.1) is 0 Å². The monoisotopic (exact) mass is 435 g/mol. The van der Waals surface area contributed by atoms with E-state index in [2.05, 4.69) is 33.0 Å². The quantitative estimate of drug-likeness (QED) is 0.549. The van der Waals surface area contributed by atoms with E-state index in [-0.39, 0.29) is 0 Å². The normalized spacial score (nSPS) is 18.0. The third kappa shape index (κ3) is 4.91. The second kappa shape index (κ2) is 9.37. The molecule has 0 bridgehead atoms. The summed E-state index contributed by atoms with van der Waals surface area (Å²) in [6, 6.07) is 16.4. The Bertz CT molecular complexity index is 986. The van der Waals surface area contributed by atoms with Crippen LogP contribution in [0.25, 0.3) is 10.2 Å². The fourth-order valence-electron chi connectivity index (χ4n) is 4.63. The molecule has 5 rings (SSSR count). The van der Waals surface area contributed by atoms with Crippen LogP contribution in [0.2, 0.25) is 0 Å². The number of ether oxygens (including phenoxy) is 1. The van der Waals surface area contributed by atoms with E-state index in [1.165, 1.54) is 18.4 Å². The Kier molecular flexibility index (Phi) is 6.18. The number of carbonyl (C=O) groups excluding carboxylic acids is 1. The first-order valence-corrected chi connectivity index (χ1v) is 12.2. The van der Waals surface area contributed by atoms with Crippen LogP contribution >= 0.6 is 11.3 Å². The molecule has 0 spiro atoms. The standard InChI is InChI=1S/C25H29N3O2S/c29-24(20-5-1-2-6-20)28-17-15-27(16-18-28)14-13-19-9-11-21(12-10-19)30-25-26-22-7-3-4-8-23(22)31-25/h3-4,7-12,20H,1-2,5-6,13-18H2. The van der Waals surface area contributed by atoms with Crippen molar-refractivity contribution in [2.24, 2.45) is 5.92 Å². The van der Waals surface area contributed by atoms with Gasteiger partial charge in [-0.25, -0.2) is 4.98 Å². The van der Waals surface area contributed by atoms with Gasteiger partial charge in [0.25, 0.3) is 5.19 Å². The van der Waals surface area contributed by atoms with E-state index in [0.717, 1.165) is 68.0 Å².